The predicted molar refractivity (Wildman–Crippen MR) is 98.2 cm³/mol. The molecule has 0 bridgehead atoms. The third kappa shape index (κ3) is 6.45. The van der Waals surface area contributed by atoms with Crippen molar-refractivity contribution in [3.05, 3.63) is 60.7 Å². The van der Waals surface area contributed by atoms with E-state index in [4.69, 9.17) is 12.2 Å². The van der Waals surface area contributed by atoms with Crippen LogP contribution in [0.15, 0.2) is 60.7 Å². The minimum atomic E-state index is -0.324. The fourth-order valence-corrected chi connectivity index (χ4v) is 2.01. The van der Waals surface area contributed by atoms with Gasteiger partial charge in [0, 0.05) is 24.2 Å². The van der Waals surface area contributed by atoms with Crippen LogP contribution in [0.1, 0.15) is 12.8 Å². The Morgan fingerprint density at radius 1 is 0.708 bits per heavy atom. The molecule has 124 valence electrons. The van der Waals surface area contributed by atoms with E-state index < -0.39 is 0 Å². The zero-order chi connectivity index (χ0) is 17.2. The van der Waals surface area contributed by atoms with E-state index in [1.165, 1.54) is 0 Å². The molecule has 4 N–H and O–H groups in total. The van der Waals surface area contributed by atoms with Crippen molar-refractivity contribution in [1.29, 1.82) is 0 Å². The third-order valence-corrected chi connectivity index (χ3v) is 3.19. The number of amides is 2. The normalized spacial score (nSPS) is 9.67. The summed E-state index contributed by atoms with van der Waals surface area (Å²) in [5.74, 6) is -0.545. The predicted octanol–water partition coefficient (Wildman–Crippen LogP) is 2.42. The van der Waals surface area contributed by atoms with Gasteiger partial charge in [-0.2, -0.15) is 0 Å². The Balaban J connectivity index is 1.64. The van der Waals surface area contributed by atoms with Gasteiger partial charge in [0.25, 0.3) is 0 Å². The highest BCUT2D eigenvalue weighted by Crippen LogP contribution is 2.06. The Bertz CT molecular complexity index is 633. The Labute approximate surface area is 145 Å². The molecule has 0 aliphatic rings. The molecular formula is C17H18N4O2S. The topological polar surface area (TPSA) is 82.3 Å². The van der Waals surface area contributed by atoms with Crippen molar-refractivity contribution in [3.8, 4) is 0 Å². The second-order valence-electron chi connectivity index (χ2n) is 4.91. The van der Waals surface area contributed by atoms with Crippen LogP contribution < -0.4 is 21.5 Å². The number of benzene rings is 2. The number of carbonyl (C=O) groups is 2. The van der Waals surface area contributed by atoms with Crippen molar-refractivity contribution < 1.29 is 9.59 Å². The molecule has 2 amide bonds. The summed E-state index contributed by atoms with van der Waals surface area (Å²) in [4.78, 5) is 23.5. The summed E-state index contributed by atoms with van der Waals surface area (Å²) >= 11 is 5.06. The zero-order valence-electron chi connectivity index (χ0n) is 12.9. The van der Waals surface area contributed by atoms with Crippen LogP contribution in [-0.4, -0.2) is 16.9 Å². The lowest BCUT2D eigenvalue weighted by Gasteiger charge is -2.11. The van der Waals surface area contributed by atoms with Gasteiger partial charge in [-0.3, -0.25) is 20.4 Å². The Hall–Kier alpha value is -2.93. The van der Waals surface area contributed by atoms with Gasteiger partial charge in [0.2, 0.25) is 11.8 Å². The molecular weight excluding hydrogens is 324 g/mol. The monoisotopic (exact) mass is 342 g/mol. The van der Waals surface area contributed by atoms with Crippen molar-refractivity contribution in [1.82, 2.24) is 10.9 Å². The standard InChI is InChI=1S/C17H18N4O2S/c22-15(18-13-7-3-1-4-8-13)11-12-16(23)20-21-17(24)19-14-9-5-2-6-10-14/h1-10H,11-12H2,(H,18,22)(H,20,23)(H2,19,21,24). The minimum Gasteiger partial charge on any atom is -0.331 e. The molecule has 6 nitrogen and oxygen atoms in total. The van der Waals surface area contributed by atoms with E-state index in [0.29, 0.717) is 5.69 Å². The van der Waals surface area contributed by atoms with Gasteiger partial charge in [-0.05, 0) is 36.5 Å². The molecule has 24 heavy (non-hydrogen) atoms. The molecule has 7 heteroatoms. The summed E-state index contributed by atoms with van der Waals surface area (Å²) in [6, 6.07) is 18.4. The molecule has 0 saturated carbocycles. The Morgan fingerprint density at radius 3 is 1.79 bits per heavy atom. The van der Waals surface area contributed by atoms with Crippen LogP contribution >= 0.6 is 12.2 Å². The van der Waals surface area contributed by atoms with Crippen LogP contribution in [0.3, 0.4) is 0 Å². The van der Waals surface area contributed by atoms with Crippen molar-refractivity contribution in [2.45, 2.75) is 12.8 Å². The second kappa shape index (κ2) is 9.26. The zero-order valence-corrected chi connectivity index (χ0v) is 13.7. The highest BCUT2D eigenvalue weighted by atomic mass is 32.1. The quantitative estimate of drug-likeness (QED) is 0.496. The van der Waals surface area contributed by atoms with E-state index in [1.54, 1.807) is 12.1 Å². The van der Waals surface area contributed by atoms with Gasteiger partial charge in [0.15, 0.2) is 5.11 Å². The lowest BCUT2D eigenvalue weighted by molar-refractivity contribution is -0.124. The second-order valence-corrected chi connectivity index (χ2v) is 5.32. The number of rotatable bonds is 5. The number of hydrogen-bond acceptors (Lipinski definition) is 3. The Morgan fingerprint density at radius 2 is 1.21 bits per heavy atom. The largest absolute Gasteiger partial charge is 0.331 e. The number of thiocarbonyl (C=S) groups is 1. The average molecular weight is 342 g/mol. The van der Waals surface area contributed by atoms with Crippen LogP contribution in [0.4, 0.5) is 11.4 Å². The molecule has 0 spiro atoms. The minimum absolute atomic E-state index is 0.0552. The van der Waals surface area contributed by atoms with E-state index in [1.807, 2.05) is 48.5 Å². The van der Waals surface area contributed by atoms with Gasteiger partial charge in [0.1, 0.15) is 0 Å². The van der Waals surface area contributed by atoms with E-state index in [0.717, 1.165) is 5.69 Å². The highest BCUT2D eigenvalue weighted by molar-refractivity contribution is 7.80. The van der Waals surface area contributed by atoms with Gasteiger partial charge in [-0.1, -0.05) is 36.4 Å². The van der Waals surface area contributed by atoms with Crippen LogP contribution in [0.2, 0.25) is 0 Å². The summed E-state index contributed by atoms with van der Waals surface area (Å²) in [5.41, 5.74) is 6.56. The molecule has 2 aromatic rings. The number of nitrogens with one attached hydrogen (secondary N) is 4. The van der Waals surface area contributed by atoms with E-state index in [-0.39, 0.29) is 29.8 Å². The molecule has 2 rings (SSSR count). The summed E-state index contributed by atoms with van der Waals surface area (Å²) in [6.45, 7) is 0. The maximum absolute atomic E-state index is 11.7. The summed E-state index contributed by atoms with van der Waals surface area (Å²) < 4.78 is 0. The van der Waals surface area contributed by atoms with Gasteiger partial charge in [-0.25, -0.2) is 0 Å². The molecule has 2 aromatic carbocycles. The van der Waals surface area contributed by atoms with Crippen LogP contribution in [0, 0.1) is 0 Å². The summed E-state index contributed by atoms with van der Waals surface area (Å²) in [5, 5.41) is 5.91. The van der Waals surface area contributed by atoms with Crippen molar-refractivity contribution in [2.75, 3.05) is 10.6 Å². The molecule has 0 aromatic heterocycles. The first kappa shape index (κ1) is 17.4. The third-order valence-electron chi connectivity index (χ3n) is 2.98. The highest BCUT2D eigenvalue weighted by Gasteiger charge is 2.07. The maximum atomic E-state index is 11.7. The lowest BCUT2D eigenvalue weighted by Crippen LogP contribution is -2.43. The molecule has 0 fully saturated rings. The fraction of sp³-hybridized carbons (Fsp3) is 0.118. The maximum Gasteiger partial charge on any atom is 0.238 e. The van der Waals surface area contributed by atoms with Gasteiger partial charge in [0.05, 0.1) is 0 Å². The average Bonchev–Trinajstić information content (AvgIpc) is 2.60. The van der Waals surface area contributed by atoms with Crippen LogP contribution in [-0.2, 0) is 9.59 Å². The van der Waals surface area contributed by atoms with Crippen LogP contribution in [0.25, 0.3) is 0 Å². The van der Waals surface area contributed by atoms with Crippen molar-refractivity contribution in [2.24, 2.45) is 0 Å². The first-order valence-corrected chi connectivity index (χ1v) is 7.80. The van der Waals surface area contributed by atoms with Gasteiger partial charge < -0.3 is 10.6 Å². The Kier molecular flexibility index (Phi) is 6.73. The molecule has 0 aliphatic carbocycles. The first-order chi connectivity index (χ1) is 11.6. The van der Waals surface area contributed by atoms with Crippen molar-refractivity contribution >= 4 is 40.5 Å². The van der Waals surface area contributed by atoms with E-state index in [2.05, 4.69) is 21.5 Å². The molecule has 0 radical (unpaired) electrons. The molecule has 0 saturated heterocycles. The van der Waals surface area contributed by atoms with E-state index >= 15 is 0 Å². The number of carbonyl (C=O) groups excluding carboxylic acids is 2. The smallest absolute Gasteiger partial charge is 0.238 e. The fourth-order valence-electron chi connectivity index (χ4n) is 1.84. The van der Waals surface area contributed by atoms with Crippen molar-refractivity contribution in [3.63, 3.8) is 0 Å². The first-order valence-electron chi connectivity index (χ1n) is 7.39. The molecule has 0 atom stereocenters. The van der Waals surface area contributed by atoms with Crippen LogP contribution in [0.5, 0.6) is 0 Å². The van der Waals surface area contributed by atoms with Gasteiger partial charge in [-0.15, -0.1) is 0 Å². The van der Waals surface area contributed by atoms with E-state index in [9.17, 15) is 9.59 Å². The SMILES string of the molecule is O=C(CCC(=O)Nc1ccccc1)NNC(=S)Nc1ccccc1. The number of hydrogen-bond donors (Lipinski definition) is 4. The molecule has 0 heterocycles. The number of hydrazine groups is 1. The number of anilines is 2. The summed E-state index contributed by atoms with van der Waals surface area (Å²) in [6.07, 6.45) is 0.140. The number of para-hydroxylation sites is 2. The van der Waals surface area contributed by atoms with Gasteiger partial charge >= 0.3 is 0 Å². The molecule has 0 aliphatic heterocycles. The summed E-state index contributed by atoms with van der Waals surface area (Å²) in [7, 11) is 0. The molecule has 0 unspecified atom stereocenters. The lowest BCUT2D eigenvalue weighted by atomic mass is 10.2.